The zero-order valence-corrected chi connectivity index (χ0v) is 13.8. The van der Waals surface area contributed by atoms with Crippen LogP contribution in [-0.4, -0.2) is 44.1 Å². The smallest absolute Gasteiger partial charge is 0.360 e. The monoisotopic (exact) mass is 345 g/mol. The van der Waals surface area contributed by atoms with Crippen LogP contribution in [0.4, 0.5) is 11.5 Å². The van der Waals surface area contributed by atoms with Gasteiger partial charge in [0.25, 0.3) is 5.69 Å². The summed E-state index contributed by atoms with van der Waals surface area (Å²) < 4.78 is 0. The number of nitro groups is 1. The average molecular weight is 345 g/mol. The zero-order valence-electron chi connectivity index (χ0n) is 13.8. The van der Waals surface area contributed by atoms with E-state index in [9.17, 15) is 20.0 Å². The highest BCUT2D eigenvalue weighted by molar-refractivity contribution is 5.91. The molecule has 1 N–H and O–H groups in total. The summed E-state index contributed by atoms with van der Waals surface area (Å²) >= 11 is 0. The molecule has 1 saturated carbocycles. The Balaban J connectivity index is 2.03. The fourth-order valence-corrected chi connectivity index (χ4v) is 3.21. The number of aromatic carboxylic acids is 1. The number of nitrogens with zero attached hydrogens (tertiary/aromatic N) is 5. The van der Waals surface area contributed by atoms with Crippen LogP contribution in [0.2, 0.25) is 0 Å². The summed E-state index contributed by atoms with van der Waals surface area (Å²) in [5, 5.41) is 29.0. The van der Waals surface area contributed by atoms with Crippen LogP contribution in [0.3, 0.4) is 0 Å². The standard InChI is InChI=1S/C16H19N5O4/c1-19(11-7-3-2-4-8-11)15-14(16(22)23)17-20(18-15)12-9-5-6-10-13(12)21(24)25/h5-6,9-11H,2-4,7-8H2,1H3,(H,22,23). The molecule has 1 aromatic carbocycles. The molecule has 0 radical (unpaired) electrons. The van der Waals surface area contributed by atoms with Gasteiger partial charge < -0.3 is 10.0 Å². The number of aromatic nitrogens is 3. The number of carbonyl (C=O) groups is 1. The van der Waals surface area contributed by atoms with Gasteiger partial charge in [-0.2, -0.15) is 0 Å². The molecule has 1 aliphatic rings. The zero-order chi connectivity index (χ0) is 18.0. The van der Waals surface area contributed by atoms with Crippen LogP contribution in [0.15, 0.2) is 24.3 Å². The third-order valence-corrected chi connectivity index (χ3v) is 4.55. The maximum Gasteiger partial charge on any atom is 0.360 e. The third kappa shape index (κ3) is 3.30. The van der Waals surface area contributed by atoms with Crippen molar-refractivity contribution in [1.82, 2.24) is 15.0 Å². The van der Waals surface area contributed by atoms with E-state index in [1.807, 2.05) is 4.90 Å². The Morgan fingerprint density at radius 1 is 1.28 bits per heavy atom. The van der Waals surface area contributed by atoms with Gasteiger partial charge in [0.1, 0.15) is 0 Å². The molecule has 1 fully saturated rings. The van der Waals surface area contributed by atoms with Gasteiger partial charge in [-0.1, -0.05) is 31.4 Å². The number of rotatable bonds is 5. The molecule has 1 aromatic heterocycles. The summed E-state index contributed by atoms with van der Waals surface area (Å²) in [5.74, 6) is -0.972. The van der Waals surface area contributed by atoms with E-state index in [-0.39, 0.29) is 28.9 Å². The molecule has 0 amide bonds. The van der Waals surface area contributed by atoms with Crippen molar-refractivity contribution in [2.45, 2.75) is 38.1 Å². The summed E-state index contributed by atoms with van der Waals surface area (Å²) in [6.07, 6.45) is 5.30. The van der Waals surface area contributed by atoms with Crippen LogP contribution in [-0.2, 0) is 0 Å². The first-order valence-electron chi connectivity index (χ1n) is 8.16. The number of anilines is 1. The fraction of sp³-hybridized carbons (Fsp3) is 0.438. The Hall–Kier alpha value is -2.97. The number of hydrogen-bond acceptors (Lipinski definition) is 6. The van der Waals surface area contributed by atoms with Crippen LogP contribution in [0.1, 0.15) is 42.6 Å². The molecule has 0 saturated heterocycles. The Bertz CT molecular complexity index is 798. The van der Waals surface area contributed by atoms with Gasteiger partial charge in [0.15, 0.2) is 11.5 Å². The summed E-state index contributed by atoms with van der Waals surface area (Å²) in [4.78, 5) is 25.1. The van der Waals surface area contributed by atoms with E-state index in [2.05, 4.69) is 10.2 Å². The van der Waals surface area contributed by atoms with Crippen molar-refractivity contribution in [3.05, 3.63) is 40.1 Å². The Kier molecular flexibility index (Phi) is 4.64. The molecule has 0 atom stereocenters. The maximum absolute atomic E-state index is 11.6. The predicted octanol–water partition coefficient (Wildman–Crippen LogP) is 2.64. The fourth-order valence-electron chi connectivity index (χ4n) is 3.21. The SMILES string of the molecule is CN(c1nn(-c2ccccc2[N+](=O)[O-])nc1C(=O)O)C1CCCCC1. The topological polar surface area (TPSA) is 114 Å². The van der Waals surface area contributed by atoms with Crippen molar-refractivity contribution in [2.75, 3.05) is 11.9 Å². The van der Waals surface area contributed by atoms with Gasteiger partial charge in [-0.15, -0.1) is 15.0 Å². The molecule has 0 unspecified atom stereocenters. The highest BCUT2D eigenvalue weighted by atomic mass is 16.6. The molecule has 3 rings (SSSR count). The molecular formula is C16H19N5O4. The van der Waals surface area contributed by atoms with Gasteiger partial charge in [0, 0.05) is 19.2 Å². The van der Waals surface area contributed by atoms with E-state index in [1.165, 1.54) is 24.6 Å². The second kappa shape index (κ2) is 6.88. The minimum atomic E-state index is -1.21. The van der Waals surface area contributed by atoms with Crippen LogP contribution in [0.25, 0.3) is 5.69 Å². The number of carboxylic acid groups (broad SMARTS) is 1. The second-order valence-corrected chi connectivity index (χ2v) is 6.12. The van der Waals surface area contributed by atoms with Crippen molar-refractivity contribution in [3.63, 3.8) is 0 Å². The predicted molar refractivity (Wildman–Crippen MR) is 90.2 cm³/mol. The van der Waals surface area contributed by atoms with Gasteiger partial charge in [0.2, 0.25) is 5.69 Å². The number of benzene rings is 1. The summed E-state index contributed by atoms with van der Waals surface area (Å²) in [6, 6.07) is 6.19. The lowest BCUT2D eigenvalue weighted by atomic mass is 9.94. The molecule has 0 spiro atoms. The van der Waals surface area contributed by atoms with Gasteiger partial charge in [-0.05, 0) is 18.9 Å². The molecule has 2 aromatic rings. The Labute approximate surface area is 144 Å². The summed E-state index contributed by atoms with van der Waals surface area (Å²) in [6.45, 7) is 0. The number of carboxylic acids is 1. The molecule has 0 bridgehead atoms. The van der Waals surface area contributed by atoms with E-state index in [0.717, 1.165) is 30.5 Å². The normalized spacial score (nSPS) is 15.1. The van der Waals surface area contributed by atoms with E-state index in [4.69, 9.17) is 0 Å². The minimum Gasteiger partial charge on any atom is -0.476 e. The second-order valence-electron chi connectivity index (χ2n) is 6.12. The minimum absolute atomic E-state index is 0.137. The third-order valence-electron chi connectivity index (χ3n) is 4.55. The highest BCUT2D eigenvalue weighted by Gasteiger charge is 2.28. The van der Waals surface area contributed by atoms with Crippen molar-refractivity contribution in [3.8, 4) is 5.69 Å². The summed E-state index contributed by atoms with van der Waals surface area (Å²) in [7, 11) is 1.80. The largest absolute Gasteiger partial charge is 0.476 e. The number of hydrogen-bond donors (Lipinski definition) is 1. The Morgan fingerprint density at radius 3 is 2.60 bits per heavy atom. The molecular weight excluding hydrogens is 326 g/mol. The molecule has 1 heterocycles. The van der Waals surface area contributed by atoms with Gasteiger partial charge >= 0.3 is 5.97 Å². The van der Waals surface area contributed by atoms with Crippen LogP contribution in [0.5, 0.6) is 0 Å². The lowest BCUT2D eigenvalue weighted by Crippen LogP contribution is -2.34. The van der Waals surface area contributed by atoms with E-state index in [1.54, 1.807) is 13.1 Å². The quantitative estimate of drug-likeness (QED) is 0.654. The van der Waals surface area contributed by atoms with Gasteiger partial charge in [0.05, 0.1) is 4.92 Å². The van der Waals surface area contributed by atoms with Gasteiger partial charge in [-0.3, -0.25) is 10.1 Å². The molecule has 9 nitrogen and oxygen atoms in total. The lowest BCUT2D eigenvalue weighted by molar-refractivity contribution is -0.384. The van der Waals surface area contributed by atoms with Crippen molar-refractivity contribution < 1.29 is 14.8 Å². The van der Waals surface area contributed by atoms with Crippen LogP contribution in [0, 0.1) is 10.1 Å². The first kappa shape index (κ1) is 16.9. The van der Waals surface area contributed by atoms with Gasteiger partial charge in [-0.25, -0.2) is 4.79 Å². The molecule has 1 aliphatic carbocycles. The molecule has 25 heavy (non-hydrogen) atoms. The summed E-state index contributed by atoms with van der Waals surface area (Å²) in [5.41, 5.74) is -0.245. The maximum atomic E-state index is 11.6. The lowest BCUT2D eigenvalue weighted by Gasteiger charge is -2.31. The first-order chi connectivity index (χ1) is 12.0. The van der Waals surface area contributed by atoms with E-state index >= 15 is 0 Å². The number of para-hydroxylation sites is 2. The van der Waals surface area contributed by atoms with E-state index in [0.29, 0.717) is 0 Å². The van der Waals surface area contributed by atoms with Crippen LogP contribution < -0.4 is 4.90 Å². The van der Waals surface area contributed by atoms with Crippen molar-refractivity contribution >= 4 is 17.5 Å². The molecule has 132 valence electrons. The average Bonchev–Trinajstić information content (AvgIpc) is 3.07. The first-order valence-corrected chi connectivity index (χ1v) is 8.16. The Morgan fingerprint density at radius 2 is 1.96 bits per heavy atom. The molecule has 9 heteroatoms. The number of nitro benzene ring substituents is 1. The van der Waals surface area contributed by atoms with Crippen molar-refractivity contribution in [2.24, 2.45) is 0 Å². The molecule has 0 aliphatic heterocycles. The highest BCUT2D eigenvalue weighted by Crippen LogP contribution is 2.28. The van der Waals surface area contributed by atoms with Crippen LogP contribution >= 0.6 is 0 Å². The van der Waals surface area contributed by atoms with Crippen molar-refractivity contribution in [1.29, 1.82) is 0 Å². The van der Waals surface area contributed by atoms with E-state index < -0.39 is 10.9 Å².